The quantitative estimate of drug-likeness (QED) is 0.835. The Balaban J connectivity index is 2.02. The monoisotopic (exact) mass is 368 g/mol. The normalized spacial score (nSPS) is 12.1. The predicted octanol–water partition coefficient (Wildman–Crippen LogP) is 4.09. The van der Waals surface area contributed by atoms with Crippen LogP contribution >= 0.6 is 11.6 Å². The van der Waals surface area contributed by atoms with Crippen molar-refractivity contribution in [1.29, 1.82) is 0 Å². The lowest BCUT2D eigenvalue weighted by Gasteiger charge is -2.24. The van der Waals surface area contributed by atoms with E-state index in [9.17, 15) is 13.6 Å². The summed E-state index contributed by atoms with van der Waals surface area (Å²) in [5, 5.41) is 3.13. The largest absolute Gasteiger partial charge is 0.495 e. The highest BCUT2D eigenvalue weighted by Crippen LogP contribution is 2.27. The smallest absolute Gasteiger partial charge is 0.241 e. The number of benzene rings is 2. The van der Waals surface area contributed by atoms with Crippen LogP contribution in [0.15, 0.2) is 36.4 Å². The van der Waals surface area contributed by atoms with Crippen LogP contribution in [0.4, 0.5) is 14.5 Å². The van der Waals surface area contributed by atoms with Gasteiger partial charge in [0.2, 0.25) is 5.91 Å². The first-order chi connectivity index (χ1) is 11.8. The summed E-state index contributed by atoms with van der Waals surface area (Å²) >= 11 is 6.03. The van der Waals surface area contributed by atoms with Gasteiger partial charge >= 0.3 is 0 Å². The molecule has 2 aromatic carbocycles. The molecule has 0 radical (unpaired) electrons. The molecular formula is C18H19ClF2N2O2. The molecule has 1 unspecified atom stereocenters. The number of hydrogen-bond donors (Lipinski definition) is 1. The molecule has 2 rings (SSSR count). The van der Waals surface area contributed by atoms with Gasteiger partial charge in [0.15, 0.2) is 0 Å². The van der Waals surface area contributed by atoms with Gasteiger partial charge < -0.3 is 10.1 Å². The van der Waals surface area contributed by atoms with Crippen molar-refractivity contribution in [3.63, 3.8) is 0 Å². The van der Waals surface area contributed by atoms with E-state index in [-0.39, 0.29) is 12.5 Å². The van der Waals surface area contributed by atoms with Crippen molar-refractivity contribution >= 4 is 23.2 Å². The van der Waals surface area contributed by atoms with Crippen LogP contribution in [0.2, 0.25) is 5.02 Å². The van der Waals surface area contributed by atoms with Crippen molar-refractivity contribution in [2.45, 2.75) is 19.5 Å². The SMILES string of the molecule is COc1ccc(NC(=O)C(C)N(C)Cc2ccc(F)cc2F)cc1Cl. The number of methoxy groups -OCH3 is 1. The summed E-state index contributed by atoms with van der Waals surface area (Å²) in [4.78, 5) is 14.0. The highest BCUT2D eigenvalue weighted by Gasteiger charge is 2.20. The zero-order valence-corrected chi connectivity index (χ0v) is 14.9. The van der Waals surface area contributed by atoms with Gasteiger partial charge in [-0.1, -0.05) is 17.7 Å². The van der Waals surface area contributed by atoms with Crippen LogP contribution in [0.25, 0.3) is 0 Å². The van der Waals surface area contributed by atoms with Crippen molar-refractivity contribution in [3.8, 4) is 5.75 Å². The van der Waals surface area contributed by atoms with Gasteiger partial charge in [0, 0.05) is 23.9 Å². The number of carbonyl (C=O) groups is 1. The molecular weight excluding hydrogens is 350 g/mol. The number of nitrogens with zero attached hydrogens (tertiary/aromatic N) is 1. The van der Waals surface area contributed by atoms with Crippen molar-refractivity contribution in [1.82, 2.24) is 4.90 Å². The number of rotatable bonds is 6. The van der Waals surface area contributed by atoms with E-state index in [1.165, 1.54) is 19.2 Å². The van der Waals surface area contributed by atoms with Gasteiger partial charge in [-0.2, -0.15) is 0 Å². The second-order valence-corrected chi connectivity index (χ2v) is 6.07. The summed E-state index contributed by atoms with van der Waals surface area (Å²) in [7, 11) is 3.19. The fourth-order valence-electron chi connectivity index (χ4n) is 2.25. The third-order valence-electron chi connectivity index (χ3n) is 3.89. The highest BCUT2D eigenvalue weighted by atomic mass is 35.5. The van der Waals surface area contributed by atoms with Gasteiger partial charge in [-0.3, -0.25) is 9.69 Å². The Bertz CT molecular complexity index is 771. The van der Waals surface area contributed by atoms with Crippen LogP contribution in [0.3, 0.4) is 0 Å². The first-order valence-electron chi connectivity index (χ1n) is 7.60. The first kappa shape index (κ1) is 19.1. The van der Waals surface area contributed by atoms with Gasteiger partial charge in [0.05, 0.1) is 18.2 Å². The van der Waals surface area contributed by atoms with Gasteiger partial charge in [0.1, 0.15) is 17.4 Å². The Labute approximate surface area is 150 Å². The minimum absolute atomic E-state index is 0.171. The molecule has 2 aromatic rings. The molecule has 0 heterocycles. The molecule has 0 saturated carbocycles. The van der Waals surface area contributed by atoms with E-state index in [0.717, 1.165) is 6.07 Å². The Morgan fingerprint density at radius 1 is 1.28 bits per heavy atom. The van der Waals surface area contributed by atoms with Crippen LogP contribution in [0, 0.1) is 11.6 Å². The average Bonchev–Trinajstić information content (AvgIpc) is 2.56. The predicted molar refractivity (Wildman–Crippen MR) is 93.9 cm³/mol. The van der Waals surface area contributed by atoms with E-state index in [4.69, 9.17) is 16.3 Å². The number of hydrogen-bond acceptors (Lipinski definition) is 3. The van der Waals surface area contributed by atoms with Gasteiger partial charge in [0.25, 0.3) is 0 Å². The minimum Gasteiger partial charge on any atom is -0.495 e. The number of amides is 1. The fraction of sp³-hybridized carbons (Fsp3) is 0.278. The zero-order valence-electron chi connectivity index (χ0n) is 14.1. The minimum atomic E-state index is -0.638. The van der Waals surface area contributed by atoms with E-state index in [2.05, 4.69) is 5.32 Å². The molecule has 0 fully saturated rings. The second-order valence-electron chi connectivity index (χ2n) is 5.67. The van der Waals surface area contributed by atoms with E-state index in [1.54, 1.807) is 37.1 Å². The number of likely N-dealkylation sites (N-methyl/N-ethyl adjacent to an activating group) is 1. The standard InChI is InChI=1S/C18H19ClF2N2O2/c1-11(23(2)10-12-4-5-13(20)8-16(12)21)18(24)22-14-6-7-17(25-3)15(19)9-14/h4-9,11H,10H2,1-3H3,(H,22,24). The molecule has 1 N–H and O–H groups in total. The Hall–Kier alpha value is -2.18. The van der Waals surface area contributed by atoms with E-state index >= 15 is 0 Å². The van der Waals surface area contributed by atoms with Crippen molar-refractivity contribution in [2.75, 3.05) is 19.5 Å². The van der Waals surface area contributed by atoms with Gasteiger partial charge in [-0.05, 0) is 38.2 Å². The van der Waals surface area contributed by atoms with Crippen molar-refractivity contribution in [3.05, 3.63) is 58.6 Å². The number of anilines is 1. The third kappa shape index (κ3) is 4.90. The molecule has 4 nitrogen and oxygen atoms in total. The van der Waals surface area contributed by atoms with E-state index in [1.807, 2.05) is 0 Å². The van der Waals surface area contributed by atoms with Crippen LogP contribution in [-0.2, 0) is 11.3 Å². The summed E-state index contributed by atoms with van der Waals surface area (Å²) in [6.07, 6.45) is 0. The molecule has 1 atom stereocenters. The van der Waals surface area contributed by atoms with Crippen molar-refractivity contribution < 1.29 is 18.3 Å². The summed E-state index contributed by atoms with van der Waals surface area (Å²) < 4.78 is 31.8. The second kappa shape index (κ2) is 8.27. The lowest BCUT2D eigenvalue weighted by molar-refractivity contribution is -0.120. The van der Waals surface area contributed by atoms with Crippen LogP contribution < -0.4 is 10.1 Å². The molecule has 25 heavy (non-hydrogen) atoms. The van der Waals surface area contributed by atoms with Crippen LogP contribution in [-0.4, -0.2) is 31.0 Å². The molecule has 1 amide bonds. The summed E-state index contributed by atoms with van der Waals surface area (Å²) in [5.74, 6) is -1.03. The lowest BCUT2D eigenvalue weighted by Crippen LogP contribution is -2.39. The summed E-state index contributed by atoms with van der Waals surface area (Å²) in [6.45, 7) is 1.87. The summed E-state index contributed by atoms with van der Waals surface area (Å²) in [6, 6.07) is 7.77. The molecule has 0 aliphatic rings. The maximum atomic E-state index is 13.7. The Morgan fingerprint density at radius 2 is 2.00 bits per heavy atom. The van der Waals surface area contributed by atoms with Crippen LogP contribution in [0.5, 0.6) is 5.75 Å². The fourth-order valence-corrected chi connectivity index (χ4v) is 2.50. The van der Waals surface area contributed by atoms with Gasteiger partial charge in [-0.15, -0.1) is 0 Å². The van der Waals surface area contributed by atoms with Crippen molar-refractivity contribution in [2.24, 2.45) is 0 Å². The van der Waals surface area contributed by atoms with Gasteiger partial charge in [-0.25, -0.2) is 8.78 Å². The summed E-state index contributed by atoms with van der Waals surface area (Å²) in [5.41, 5.74) is 0.847. The highest BCUT2D eigenvalue weighted by molar-refractivity contribution is 6.32. The molecule has 134 valence electrons. The Morgan fingerprint density at radius 3 is 2.60 bits per heavy atom. The number of ether oxygens (including phenoxy) is 1. The Kier molecular flexibility index (Phi) is 6.33. The molecule has 7 heteroatoms. The first-order valence-corrected chi connectivity index (χ1v) is 7.98. The third-order valence-corrected chi connectivity index (χ3v) is 4.19. The lowest BCUT2D eigenvalue weighted by atomic mass is 10.1. The molecule has 0 aliphatic carbocycles. The van der Waals surface area contributed by atoms with Crippen LogP contribution in [0.1, 0.15) is 12.5 Å². The maximum Gasteiger partial charge on any atom is 0.241 e. The number of carbonyl (C=O) groups excluding carboxylic acids is 1. The molecule has 0 saturated heterocycles. The average molecular weight is 369 g/mol. The maximum absolute atomic E-state index is 13.7. The zero-order chi connectivity index (χ0) is 18.6. The molecule has 0 aliphatic heterocycles. The van der Waals surface area contributed by atoms with E-state index < -0.39 is 17.7 Å². The topological polar surface area (TPSA) is 41.6 Å². The molecule has 0 bridgehead atoms. The number of nitrogens with one attached hydrogen (secondary N) is 1. The molecule has 0 spiro atoms. The molecule has 0 aromatic heterocycles. The van der Waals surface area contributed by atoms with E-state index in [0.29, 0.717) is 22.0 Å². The number of halogens is 3.